The minimum atomic E-state index is 0.222. The summed E-state index contributed by atoms with van der Waals surface area (Å²) in [7, 11) is 0. The van der Waals surface area contributed by atoms with E-state index in [2.05, 4.69) is 51.3 Å². The van der Waals surface area contributed by atoms with Gasteiger partial charge < -0.3 is 14.6 Å². The van der Waals surface area contributed by atoms with E-state index in [1.165, 1.54) is 0 Å². The number of aryl methyl sites for hydroxylation is 1. The van der Waals surface area contributed by atoms with E-state index in [9.17, 15) is 0 Å². The molecule has 0 saturated heterocycles. The molecular weight excluding hydrogens is 334 g/mol. The smallest absolute Gasteiger partial charge is 0.223 e. The lowest BCUT2D eigenvalue weighted by atomic mass is 10.1. The molecule has 0 aliphatic rings. The van der Waals surface area contributed by atoms with Crippen molar-refractivity contribution < 1.29 is 9.26 Å². The fraction of sp³-hybridized carbons (Fsp3) is 0.467. The lowest BCUT2D eigenvalue weighted by Crippen LogP contribution is -2.20. The average Bonchev–Trinajstić information content (AvgIpc) is 2.88. The second-order valence-electron chi connectivity index (χ2n) is 4.88. The summed E-state index contributed by atoms with van der Waals surface area (Å²) < 4.78 is 11.8. The highest BCUT2D eigenvalue weighted by Gasteiger charge is 2.13. The van der Waals surface area contributed by atoms with Gasteiger partial charge in [-0.3, -0.25) is 0 Å². The molecule has 0 spiro atoms. The van der Waals surface area contributed by atoms with Crippen molar-refractivity contribution in [3.63, 3.8) is 0 Å². The number of nitrogens with one attached hydrogen (secondary N) is 1. The topological polar surface area (TPSA) is 60.2 Å². The Morgan fingerprint density at radius 1 is 1.43 bits per heavy atom. The van der Waals surface area contributed by atoms with Crippen molar-refractivity contribution in [3.8, 4) is 5.75 Å². The second-order valence-corrected chi connectivity index (χ2v) is 5.79. The average molecular weight is 354 g/mol. The van der Waals surface area contributed by atoms with Crippen LogP contribution in [0.15, 0.2) is 27.2 Å². The number of nitrogens with zero attached hydrogens (tertiary/aromatic N) is 2. The maximum absolute atomic E-state index is 5.86. The Balaban J connectivity index is 2.10. The van der Waals surface area contributed by atoms with Gasteiger partial charge in [0, 0.05) is 23.0 Å². The molecule has 1 atom stereocenters. The molecule has 0 aliphatic carbocycles. The van der Waals surface area contributed by atoms with Gasteiger partial charge in [-0.1, -0.05) is 34.1 Å². The van der Waals surface area contributed by atoms with Gasteiger partial charge in [-0.15, -0.1) is 0 Å². The fourth-order valence-corrected chi connectivity index (χ4v) is 2.34. The van der Waals surface area contributed by atoms with Gasteiger partial charge >= 0.3 is 0 Å². The number of aromatic nitrogens is 2. The first kappa shape index (κ1) is 16.0. The minimum Gasteiger partial charge on any atom is -0.485 e. The molecule has 1 N–H and O–H groups in total. The van der Waals surface area contributed by atoms with Crippen molar-refractivity contribution >= 4 is 15.9 Å². The Morgan fingerprint density at radius 3 is 2.90 bits per heavy atom. The molecule has 1 aromatic heterocycles. The summed E-state index contributed by atoms with van der Waals surface area (Å²) in [6, 6.07) is 6.27. The van der Waals surface area contributed by atoms with Gasteiger partial charge in [0.1, 0.15) is 5.75 Å². The second kappa shape index (κ2) is 7.56. The first-order chi connectivity index (χ1) is 10.1. The molecule has 1 unspecified atom stereocenters. The Kier molecular flexibility index (Phi) is 5.76. The molecule has 0 amide bonds. The van der Waals surface area contributed by atoms with Crippen LogP contribution in [0.1, 0.15) is 43.6 Å². The van der Waals surface area contributed by atoms with Crippen molar-refractivity contribution in [2.45, 2.75) is 39.8 Å². The highest BCUT2D eigenvalue weighted by Crippen LogP contribution is 2.29. The maximum Gasteiger partial charge on any atom is 0.223 e. The van der Waals surface area contributed by atoms with Crippen LogP contribution in [0.5, 0.6) is 5.75 Å². The molecule has 0 bridgehead atoms. The van der Waals surface area contributed by atoms with E-state index in [1.807, 2.05) is 12.1 Å². The quantitative estimate of drug-likeness (QED) is 0.820. The SMILES string of the molecule is CCCNC(C)c1ccc(Br)cc1OCc1noc(C)n1. The van der Waals surface area contributed by atoms with Crippen molar-refractivity contribution in [3.05, 3.63) is 40.0 Å². The van der Waals surface area contributed by atoms with E-state index in [1.54, 1.807) is 6.92 Å². The summed E-state index contributed by atoms with van der Waals surface area (Å²) in [6.07, 6.45) is 1.10. The molecule has 1 heterocycles. The number of hydrogen-bond acceptors (Lipinski definition) is 5. The third-order valence-electron chi connectivity index (χ3n) is 3.07. The molecule has 114 valence electrons. The zero-order valence-electron chi connectivity index (χ0n) is 12.5. The van der Waals surface area contributed by atoms with Gasteiger partial charge in [0.15, 0.2) is 6.61 Å². The molecule has 1 aromatic carbocycles. The summed E-state index contributed by atoms with van der Waals surface area (Å²) in [5.74, 6) is 1.91. The molecule has 0 fully saturated rings. The molecule has 2 rings (SSSR count). The standard InChI is InChI=1S/C15H20BrN3O2/c1-4-7-17-10(2)13-6-5-12(16)8-14(13)20-9-15-18-11(3)21-19-15/h5-6,8,10,17H,4,7,9H2,1-3H3. The molecule has 6 heteroatoms. The summed E-state index contributed by atoms with van der Waals surface area (Å²) in [4.78, 5) is 4.14. The maximum atomic E-state index is 5.86. The van der Waals surface area contributed by atoms with E-state index in [-0.39, 0.29) is 6.04 Å². The zero-order chi connectivity index (χ0) is 15.2. The third kappa shape index (κ3) is 4.54. The highest BCUT2D eigenvalue weighted by molar-refractivity contribution is 9.10. The summed E-state index contributed by atoms with van der Waals surface area (Å²) in [6.45, 7) is 7.31. The highest BCUT2D eigenvalue weighted by atomic mass is 79.9. The molecule has 5 nitrogen and oxygen atoms in total. The van der Waals surface area contributed by atoms with E-state index in [0.29, 0.717) is 18.3 Å². The summed E-state index contributed by atoms with van der Waals surface area (Å²) >= 11 is 3.48. The molecule has 0 radical (unpaired) electrons. The summed E-state index contributed by atoms with van der Waals surface area (Å²) in [5.41, 5.74) is 1.12. The summed E-state index contributed by atoms with van der Waals surface area (Å²) in [5, 5.41) is 7.30. The van der Waals surface area contributed by atoms with Crippen LogP contribution in [0.25, 0.3) is 0 Å². The van der Waals surface area contributed by atoms with Gasteiger partial charge in [0.2, 0.25) is 11.7 Å². The molecule has 0 aliphatic heterocycles. The number of ether oxygens (including phenoxy) is 1. The van der Waals surface area contributed by atoms with Crippen molar-refractivity contribution in [1.29, 1.82) is 0 Å². The largest absolute Gasteiger partial charge is 0.485 e. The predicted molar refractivity (Wildman–Crippen MR) is 84.2 cm³/mol. The predicted octanol–water partition coefficient (Wildman–Crippen LogP) is 3.78. The third-order valence-corrected chi connectivity index (χ3v) is 3.56. The van der Waals surface area contributed by atoms with E-state index >= 15 is 0 Å². The van der Waals surface area contributed by atoms with Gasteiger partial charge in [0.25, 0.3) is 0 Å². The van der Waals surface area contributed by atoms with Crippen molar-refractivity contribution in [2.24, 2.45) is 0 Å². The van der Waals surface area contributed by atoms with Crippen LogP contribution >= 0.6 is 15.9 Å². The number of benzene rings is 1. The van der Waals surface area contributed by atoms with Gasteiger partial charge in [-0.25, -0.2) is 0 Å². The van der Waals surface area contributed by atoms with Crippen LogP contribution in [0, 0.1) is 6.92 Å². The Labute approximate surface area is 133 Å². The van der Waals surface area contributed by atoms with E-state index in [4.69, 9.17) is 9.26 Å². The van der Waals surface area contributed by atoms with Crippen LogP contribution in [0.4, 0.5) is 0 Å². The molecule has 2 aromatic rings. The van der Waals surface area contributed by atoms with Crippen LogP contribution in [0.2, 0.25) is 0 Å². The lowest BCUT2D eigenvalue weighted by molar-refractivity contribution is 0.280. The van der Waals surface area contributed by atoms with Gasteiger partial charge in [-0.2, -0.15) is 4.98 Å². The Hall–Kier alpha value is -1.40. The first-order valence-electron chi connectivity index (χ1n) is 7.05. The van der Waals surface area contributed by atoms with Crippen molar-refractivity contribution in [2.75, 3.05) is 6.54 Å². The van der Waals surface area contributed by atoms with Crippen LogP contribution in [0.3, 0.4) is 0 Å². The normalized spacial score (nSPS) is 12.4. The number of halogens is 1. The monoisotopic (exact) mass is 353 g/mol. The fourth-order valence-electron chi connectivity index (χ4n) is 2.00. The minimum absolute atomic E-state index is 0.222. The van der Waals surface area contributed by atoms with E-state index in [0.717, 1.165) is 28.8 Å². The zero-order valence-corrected chi connectivity index (χ0v) is 14.1. The first-order valence-corrected chi connectivity index (χ1v) is 7.84. The van der Waals surface area contributed by atoms with Crippen molar-refractivity contribution in [1.82, 2.24) is 15.5 Å². The number of rotatable bonds is 7. The Bertz CT molecular complexity index is 586. The molecular formula is C15H20BrN3O2. The van der Waals surface area contributed by atoms with E-state index < -0.39 is 0 Å². The van der Waals surface area contributed by atoms with Crippen LogP contribution in [-0.2, 0) is 6.61 Å². The van der Waals surface area contributed by atoms with Gasteiger partial charge in [-0.05, 0) is 32.0 Å². The molecule has 0 saturated carbocycles. The number of hydrogen-bond donors (Lipinski definition) is 1. The van der Waals surface area contributed by atoms with Crippen LogP contribution in [-0.4, -0.2) is 16.7 Å². The Morgan fingerprint density at radius 2 is 2.24 bits per heavy atom. The van der Waals surface area contributed by atoms with Gasteiger partial charge in [0.05, 0.1) is 0 Å². The lowest BCUT2D eigenvalue weighted by Gasteiger charge is -2.18. The van der Waals surface area contributed by atoms with Crippen LogP contribution < -0.4 is 10.1 Å². The molecule has 21 heavy (non-hydrogen) atoms.